The quantitative estimate of drug-likeness (QED) is 0.836. The van der Waals surface area contributed by atoms with E-state index in [0.717, 1.165) is 25.7 Å². The van der Waals surface area contributed by atoms with Crippen molar-refractivity contribution in [2.75, 3.05) is 0 Å². The normalized spacial score (nSPS) is 17.5. The lowest BCUT2D eigenvalue weighted by molar-refractivity contribution is 0.0223. The monoisotopic (exact) mass is 273 g/mol. The molecule has 6 nitrogen and oxygen atoms in total. The van der Waals surface area contributed by atoms with Gasteiger partial charge in [-0.05, 0) is 26.7 Å². The maximum absolute atomic E-state index is 12.2. The van der Waals surface area contributed by atoms with E-state index in [-0.39, 0.29) is 11.0 Å². The molecule has 7 heteroatoms. The van der Waals surface area contributed by atoms with Crippen molar-refractivity contribution in [1.82, 2.24) is 14.7 Å². The summed E-state index contributed by atoms with van der Waals surface area (Å²) in [5, 5.41) is 4.10. The van der Waals surface area contributed by atoms with Gasteiger partial charge in [0.15, 0.2) is 0 Å². The van der Waals surface area contributed by atoms with Gasteiger partial charge < -0.3 is 0 Å². The van der Waals surface area contributed by atoms with Crippen molar-refractivity contribution in [2.24, 2.45) is 7.05 Å². The summed E-state index contributed by atoms with van der Waals surface area (Å²) in [6.45, 7) is 3.40. The van der Waals surface area contributed by atoms with Gasteiger partial charge >= 0.3 is 0 Å². The topological polar surface area (TPSA) is 73.2 Å². The van der Waals surface area contributed by atoms with Gasteiger partial charge in [0.05, 0.1) is 17.5 Å². The summed E-state index contributed by atoms with van der Waals surface area (Å²) < 4.78 is 25.9. The summed E-state index contributed by atoms with van der Waals surface area (Å²) in [6, 6.07) is 0. The van der Waals surface area contributed by atoms with Crippen LogP contribution in [-0.4, -0.2) is 24.3 Å². The molecule has 1 aliphatic carbocycles. The Hall–Kier alpha value is -0.920. The summed E-state index contributed by atoms with van der Waals surface area (Å²) >= 11 is 0. The second-order valence-electron chi connectivity index (χ2n) is 4.73. The zero-order valence-corrected chi connectivity index (χ0v) is 11.7. The van der Waals surface area contributed by atoms with Crippen molar-refractivity contribution < 1.29 is 13.3 Å². The molecule has 102 valence electrons. The van der Waals surface area contributed by atoms with E-state index < -0.39 is 10.0 Å². The SMILES string of the molecule is Cc1nn(C)c(C)c1S(=O)(=O)NOC1CCCC1. The van der Waals surface area contributed by atoms with E-state index in [4.69, 9.17) is 4.84 Å². The third kappa shape index (κ3) is 2.57. The predicted octanol–water partition coefficient (Wildman–Crippen LogP) is 1.19. The number of aromatic nitrogens is 2. The Morgan fingerprint density at radius 2 is 1.94 bits per heavy atom. The van der Waals surface area contributed by atoms with E-state index in [1.807, 2.05) is 0 Å². The van der Waals surface area contributed by atoms with Gasteiger partial charge in [0.2, 0.25) is 0 Å². The standard InChI is InChI=1S/C11H19N3O3S/c1-8-11(9(2)14(3)12-8)18(15,16)13-17-10-6-4-5-7-10/h10,13H,4-7H2,1-3H3. The first-order chi connectivity index (χ1) is 8.42. The molecule has 0 amide bonds. The third-order valence-electron chi connectivity index (χ3n) is 3.34. The molecule has 1 aliphatic rings. The molecule has 2 rings (SSSR count). The number of hydrogen-bond donors (Lipinski definition) is 1. The summed E-state index contributed by atoms with van der Waals surface area (Å²) in [6.07, 6.45) is 4.01. The summed E-state index contributed by atoms with van der Waals surface area (Å²) in [4.78, 5) is 7.71. The summed E-state index contributed by atoms with van der Waals surface area (Å²) in [5.41, 5.74) is 1.09. The van der Waals surface area contributed by atoms with Gasteiger partial charge in [0.25, 0.3) is 10.0 Å². The Labute approximate surface area is 107 Å². The molecule has 0 saturated heterocycles. The molecule has 0 aromatic carbocycles. The molecule has 1 heterocycles. The predicted molar refractivity (Wildman–Crippen MR) is 66.3 cm³/mol. The van der Waals surface area contributed by atoms with Crippen molar-refractivity contribution in [2.45, 2.75) is 50.5 Å². The summed E-state index contributed by atoms with van der Waals surface area (Å²) in [5.74, 6) is 0. The van der Waals surface area contributed by atoms with Crippen molar-refractivity contribution in [3.63, 3.8) is 0 Å². The largest absolute Gasteiger partial charge is 0.284 e. The van der Waals surface area contributed by atoms with Crippen molar-refractivity contribution >= 4 is 10.0 Å². The van der Waals surface area contributed by atoms with Gasteiger partial charge in [-0.1, -0.05) is 17.7 Å². The van der Waals surface area contributed by atoms with Gasteiger partial charge in [-0.25, -0.2) is 8.42 Å². The molecule has 1 aromatic rings. The van der Waals surface area contributed by atoms with Crippen LogP contribution in [0.1, 0.15) is 37.1 Å². The van der Waals surface area contributed by atoms with Gasteiger partial charge in [0, 0.05) is 7.05 Å². The van der Waals surface area contributed by atoms with Crippen LogP contribution in [0.4, 0.5) is 0 Å². The van der Waals surface area contributed by atoms with Gasteiger partial charge in [-0.3, -0.25) is 9.52 Å². The number of hydrogen-bond acceptors (Lipinski definition) is 4. The molecule has 1 N–H and O–H groups in total. The van der Waals surface area contributed by atoms with E-state index in [9.17, 15) is 8.42 Å². The highest BCUT2D eigenvalue weighted by Gasteiger charge is 2.26. The van der Waals surface area contributed by atoms with Crippen LogP contribution in [0.2, 0.25) is 0 Å². The highest BCUT2D eigenvalue weighted by atomic mass is 32.2. The van der Waals surface area contributed by atoms with E-state index in [1.54, 1.807) is 25.6 Å². The molecule has 1 aromatic heterocycles. The molecule has 18 heavy (non-hydrogen) atoms. The first kappa shape index (κ1) is 13.5. The lowest BCUT2D eigenvalue weighted by Gasteiger charge is -2.12. The number of sulfonamides is 1. The highest BCUT2D eigenvalue weighted by molar-refractivity contribution is 7.89. The van der Waals surface area contributed by atoms with Crippen LogP contribution in [0.15, 0.2) is 4.90 Å². The Kier molecular flexibility index (Phi) is 3.74. The zero-order chi connectivity index (χ0) is 13.3. The Morgan fingerprint density at radius 1 is 1.33 bits per heavy atom. The molecule has 1 fully saturated rings. The van der Waals surface area contributed by atoms with Gasteiger partial charge in [-0.2, -0.15) is 5.10 Å². The molecule has 0 aliphatic heterocycles. The number of rotatable bonds is 4. The first-order valence-corrected chi connectivity index (χ1v) is 7.58. The van der Waals surface area contributed by atoms with Crippen molar-refractivity contribution in [1.29, 1.82) is 0 Å². The van der Waals surface area contributed by atoms with Gasteiger partial charge in [0.1, 0.15) is 4.90 Å². The number of nitrogens with one attached hydrogen (secondary N) is 1. The molecular weight excluding hydrogens is 254 g/mol. The van der Waals surface area contributed by atoms with Crippen molar-refractivity contribution in [3.8, 4) is 0 Å². The van der Waals surface area contributed by atoms with E-state index in [2.05, 4.69) is 9.98 Å². The fraction of sp³-hybridized carbons (Fsp3) is 0.727. The average Bonchev–Trinajstić information content (AvgIpc) is 2.86. The summed E-state index contributed by atoms with van der Waals surface area (Å²) in [7, 11) is -1.92. The Bertz CT molecular complexity index is 530. The lowest BCUT2D eigenvalue weighted by Crippen LogP contribution is -2.29. The zero-order valence-electron chi connectivity index (χ0n) is 10.9. The number of aryl methyl sites for hydroxylation is 2. The second kappa shape index (κ2) is 4.99. The van der Waals surface area contributed by atoms with Crippen LogP contribution < -0.4 is 4.89 Å². The van der Waals surface area contributed by atoms with E-state index in [1.165, 1.54) is 0 Å². The minimum Gasteiger partial charge on any atom is -0.284 e. The molecule has 1 saturated carbocycles. The van der Waals surface area contributed by atoms with E-state index >= 15 is 0 Å². The average molecular weight is 273 g/mol. The fourth-order valence-electron chi connectivity index (χ4n) is 2.32. The minimum absolute atomic E-state index is 0.00272. The molecule has 0 unspecified atom stereocenters. The van der Waals surface area contributed by atoms with Crippen LogP contribution in [0.3, 0.4) is 0 Å². The van der Waals surface area contributed by atoms with Crippen LogP contribution >= 0.6 is 0 Å². The van der Waals surface area contributed by atoms with Gasteiger partial charge in [-0.15, -0.1) is 0 Å². The van der Waals surface area contributed by atoms with Crippen molar-refractivity contribution in [3.05, 3.63) is 11.4 Å². The lowest BCUT2D eigenvalue weighted by atomic mass is 10.3. The maximum atomic E-state index is 12.2. The van der Waals surface area contributed by atoms with Crippen LogP contribution in [-0.2, 0) is 21.9 Å². The second-order valence-corrected chi connectivity index (χ2v) is 6.32. The maximum Gasteiger partial charge on any atom is 0.266 e. The fourth-order valence-corrected chi connectivity index (χ4v) is 3.62. The molecular formula is C11H19N3O3S. The Balaban J connectivity index is 2.14. The van der Waals surface area contributed by atoms with Crippen LogP contribution in [0.25, 0.3) is 0 Å². The molecule has 0 bridgehead atoms. The smallest absolute Gasteiger partial charge is 0.266 e. The molecule has 0 atom stereocenters. The molecule has 0 spiro atoms. The Morgan fingerprint density at radius 3 is 2.44 bits per heavy atom. The van der Waals surface area contributed by atoms with Crippen LogP contribution in [0, 0.1) is 13.8 Å². The molecule has 0 radical (unpaired) electrons. The third-order valence-corrected chi connectivity index (χ3v) is 4.78. The van der Waals surface area contributed by atoms with Crippen LogP contribution in [0.5, 0.6) is 0 Å². The first-order valence-electron chi connectivity index (χ1n) is 6.09. The highest BCUT2D eigenvalue weighted by Crippen LogP contribution is 2.22. The number of nitrogens with zero attached hydrogens (tertiary/aromatic N) is 2. The minimum atomic E-state index is -3.64. The van der Waals surface area contributed by atoms with E-state index in [0.29, 0.717) is 11.4 Å².